The molecular weight excluding hydrogens is 296 g/mol. The normalized spacial score (nSPS) is 16.3. The third-order valence-electron chi connectivity index (χ3n) is 3.91. The molecule has 0 saturated carbocycles. The van der Waals surface area contributed by atoms with Gasteiger partial charge in [0.25, 0.3) is 0 Å². The highest BCUT2D eigenvalue weighted by Gasteiger charge is 2.24. The summed E-state index contributed by atoms with van der Waals surface area (Å²) in [6.45, 7) is 4.68. The summed E-state index contributed by atoms with van der Waals surface area (Å²) >= 11 is 0. The van der Waals surface area contributed by atoms with Crippen molar-refractivity contribution in [3.8, 4) is 0 Å². The molecule has 9 heteroatoms. The van der Waals surface area contributed by atoms with Crippen molar-refractivity contribution in [2.45, 2.75) is 13.0 Å². The van der Waals surface area contributed by atoms with Crippen molar-refractivity contribution in [3.63, 3.8) is 0 Å². The lowest BCUT2D eigenvalue weighted by molar-refractivity contribution is 0.190. The Kier molecular flexibility index (Phi) is 4.35. The molecule has 23 heavy (non-hydrogen) atoms. The highest BCUT2D eigenvalue weighted by molar-refractivity contribution is 5.75. The van der Waals surface area contributed by atoms with Gasteiger partial charge in [-0.15, -0.1) is 10.2 Å². The number of urea groups is 1. The Morgan fingerprint density at radius 2 is 2.04 bits per heavy atom. The van der Waals surface area contributed by atoms with Crippen molar-refractivity contribution < 1.29 is 4.79 Å². The Morgan fingerprint density at radius 1 is 1.26 bits per heavy atom. The van der Waals surface area contributed by atoms with Crippen molar-refractivity contribution in [1.82, 2.24) is 34.9 Å². The lowest BCUT2D eigenvalue weighted by Gasteiger charge is -2.35. The van der Waals surface area contributed by atoms with E-state index in [1.54, 1.807) is 34.4 Å². The molecule has 1 fully saturated rings. The molecule has 1 saturated heterocycles. The van der Waals surface area contributed by atoms with Crippen LogP contribution < -0.4 is 10.2 Å². The quantitative estimate of drug-likeness (QED) is 0.869. The molecule has 0 unspecified atom stereocenters. The second-order valence-corrected chi connectivity index (χ2v) is 5.51. The van der Waals surface area contributed by atoms with E-state index in [1.807, 2.05) is 14.0 Å². The Hall–Kier alpha value is -2.71. The molecule has 3 rings (SSSR count). The predicted octanol–water partition coefficient (Wildman–Crippen LogP) is 0.198. The summed E-state index contributed by atoms with van der Waals surface area (Å²) in [6, 6.07) is -0.271. The van der Waals surface area contributed by atoms with Gasteiger partial charge in [-0.05, 0) is 6.92 Å². The SMILES string of the molecule is C[C@@H](NC(=O)N1CCN(c2cnccn2)CC1)c1nncn1C. The van der Waals surface area contributed by atoms with Crippen LogP contribution in [0.4, 0.5) is 10.6 Å². The molecule has 0 aromatic carbocycles. The van der Waals surface area contributed by atoms with E-state index in [9.17, 15) is 4.79 Å². The maximum absolute atomic E-state index is 12.4. The van der Waals surface area contributed by atoms with Crippen molar-refractivity contribution in [3.05, 3.63) is 30.7 Å². The lowest BCUT2D eigenvalue weighted by atomic mass is 10.3. The van der Waals surface area contributed by atoms with Crippen LogP contribution in [0.2, 0.25) is 0 Å². The molecule has 3 heterocycles. The number of carbonyl (C=O) groups is 1. The van der Waals surface area contributed by atoms with Crippen LogP contribution in [0, 0.1) is 0 Å². The minimum atomic E-state index is -0.187. The summed E-state index contributed by atoms with van der Waals surface area (Å²) in [5.41, 5.74) is 0. The van der Waals surface area contributed by atoms with E-state index in [0.717, 1.165) is 24.7 Å². The van der Waals surface area contributed by atoms with Crippen LogP contribution in [0.25, 0.3) is 0 Å². The van der Waals surface area contributed by atoms with Gasteiger partial charge in [0.1, 0.15) is 12.1 Å². The fourth-order valence-electron chi connectivity index (χ4n) is 2.62. The summed E-state index contributed by atoms with van der Waals surface area (Å²) in [5.74, 6) is 1.58. The highest BCUT2D eigenvalue weighted by Crippen LogP contribution is 2.13. The number of aromatic nitrogens is 5. The standard InChI is InChI=1S/C14H20N8O/c1-11(13-19-17-10-20(13)2)18-14(23)22-7-5-21(6-8-22)12-9-15-3-4-16-12/h3-4,9-11H,5-8H2,1-2H3,(H,18,23)/t11-/m1/s1. The maximum atomic E-state index is 12.4. The van der Waals surface area contributed by atoms with Crippen molar-refractivity contribution in [2.75, 3.05) is 31.1 Å². The van der Waals surface area contributed by atoms with E-state index in [4.69, 9.17) is 0 Å². The number of nitrogens with one attached hydrogen (secondary N) is 1. The van der Waals surface area contributed by atoms with Gasteiger partial charge in [0.15, 0.2) is 5.82 Å². The van der Waals surface area contributed by atoms with Crippen LogP contribution in [0.5, 0.6) is 0 Å². The first-order valence-electron chi connectivity index (χ1n) is 7.55. The van der Waals surface area contributed by atoms with E-state index >= 15 is 0 Å². The molecule has 1 atom stereocenters. The number of amides is 2. The van der Waals surface area contributed by atoms with Gasteiger partial charge in [-0.1, -0.05) is 0 Å². The number of carbonyl (C=O) groups excluding carboxylic acids is 1. The minimum Gasteiger partial charge on any atom is -0.352 e. The smallest absolute Gasteiger partial charge is 0.318 e. The van der Waals surface area contributed by atoms with Crippen molar-refractivity contribution in [2.24, 2.45) is 7.05 Å². The van der Waals surface area contributed by atoms with Crippen LogP contribution in [-0.4, -0.2) is 61.8 Å². The summed E-state index contributed by atoms with van der Waals surface area (Å²) < 4.78 is 1.80. The van der Waals surface area contributed by atoms with E-state index < -0.39 is 0 Å². The predicted molar refractivity (Wildman–Crippen MR) is 83.8 cm³/mol. The average Bonchev–Trinajstić information content (AvgIpc) is 3.02. The van der Waals surface area contributed by atoms with Gasteiger partial charge in [0, 0.05) is 45.6 Å². The largest absolute Gasteiger partial charge is 0.352 e. The fourth-order valence-corrected chi connectivity index (χ4v) is 2.62. The average molecular weight is 316 g/mol. The first kappa shape index (κ1) is 15.2. The first-order chi connectivity index (χ1) is 11.1. The Morgan fingerprint density at radius 3 is 2.65 bits per heavy atom. The van der Waals surface area contributed by atoms with E-state index in [2.05, 4.69) is 30.4 Å². The van der Waals surface area contributed by atoms with E-state index in [-0.39, 0.29) is 12.1 Å². The Balaban J connectivity index is 1.53. The second-order valence-electron chi connectivity index (χ2n) is 5.51. The zero-order valence-corrected chi connectivity index (χ0v) is 13.3. The number of piperazine rings is 1. The van der Waals surface area contributed by atoms with Gasteiger partial charge in [-0.25, -0.2) is 9.78 Å². The molecule has 1 aliphatic heterocycles. The molecular formula is C14H20N8O. The number of aryl methyl sites for hydroxylation is 1. The summed E-state index contributed by atoms with van der Waals surface area (Å²) in [6.07, 6.45) is 6.70. The molecule has 0 bridgehead atoms. The van der Waals surface area contributed by atoms with Crippen molar-refractivity contribution >= 4 is 11.8 Å². The molecule has 2 aromatic heterocycles. The van der Waals surface area contributed by atoms with E-state index in [0.29, 0.717) is 13.1 Å². The summed E-state index contributed by atoms with van der Waals surface area (Å²) in [4.78, 5) is 24.7. The van der Waals surface area contributed by atoms with Gasteiger partial charge in [-0.3, -0.25) is 4.98 Å². The maximum Gasteiger partial charge on any atom is 0.318 e. The molecule has 0 spiro atoms. The van der Waals surface area contributed by atoms with Crippen LogP contribution >= 0.6 is 0 Å². The zero-order valence-electron chi connectivity index (χ0n) is 13.3. The number of anilines is 1. The number of rotatable bonds is 3. The van der Waals surface area contributed by atoms with Gasteiger partial charge in [-0.2, -0.15) is 0 Å². The van der Waals surface area contributed by atoms with Crippen LogP contribution in [-0.2, 0) is 7.05 Å². The highest BCUT2D eigenvalue weighted by atomic mass is 16.2. The van der Waals surface area contributed by atoms with Gasteiger partial charge in [0.05, 0.1) is 12.2 Å². The van der Waals surface area contributed by atoms with Gasteiger partial charge < -0.3 is 19.7 Å². The molecule has 122 valence electrons. The summed E-state index contributed by atoms with van der Waals surface area (Å²) in [7, 11) is 1.86. The Bertz CT molecular complexity index is 650. The fraction of sp³-hybridized carbons (Fsp3) is 0.500. The Labute approximate surface area is 134 Å². The number of hydrogen-bond acceptors (Lipinski definition) is 6. The van der Waals surface area contributed by atoms with Crippen molar-refractivity contribution in [1.29, 1.82) is 0 Å². The molecule has 9 nitrogen and oxygen atoms in total. The molecule has 0 radical (unpaired) electrons. The van der Waals surface area contributed by atoms with Crippen LogP contribution in [0.15, 0.2) is 24.9 Å². The van der Waals surface area contributed by atoms with Gasteiger partial charge >= 0.3 is 6.03 Å². The van der Waals surface area contributed by atoms with Crippen LogP contribution in [0.1, 0.15) is 18.8 Å². The van der Waals surface area contributed by atoms with Crippen LogP contribution in [0.3, 0.4) is 0 Å². The summed E-state index contributed by atoms with van der Waals surface area (Å²) in [5, 5.41) is 10.8. The minimum absolute atomic E-state index is 0.0840. The second kappa shape index (κ2) is 6.59. The number of hydrogen-bond donors (Lipinski definition) is 1. The molecule has 1 N–H and O–H groups in total. The topological polar surface area (TPSA) is 92.1 Å². The first-order valence-corrected chi connectivity index (χ1v) is 7.55. The molecule has 2 amide bonds. The van der Waals surface area contributed by atoms with E-state index in [1.165, 1.54) is 0 Å². The molecule has 2 aromatic rings. The zero-order chi connectivity index (χ0) is 16.2. The lowest BCUT2D eigenvalue weighted by Crippen LogP contribution is -2.52. The number of nitrogens with zero attached hydrogens (tertiary/aromatic N) is 7. The molecule has 0 aliphatic carbocycles. The molecule has 1 aliphatic rings. The third-order valence-corrected chi connectivity index (χ3v) is 3.91. The third kappa shape index (κ3) is 3.38. The van der Waals surface area contributed by atoms with Gasteiger partial charge in [0.2, 0.25) is 0 Å². The monoisotopic (exact) mass is 316 g/mol.